The van der Waals surface area contributed by atoms with E-state index in [0.717, 1.165) is 12.1 Å². The Morgan fingerprint density at radius 2 is 2.07 bits per heavy atom. The van der Waals surface area contributed by atoms with Crippen molar-refractivity contribution in [2.45, 2.75) is 25.8 Å². The molecule has 1 atom stereocenters. The minimum absolute atomic E-state index is 0.0836. The molecule has 0 amide bonds. The summed E-state index contributed by atoms with van der Waals surface area (Å²) in [7, 11) is 0. The van der Waals surface area contributed by atoms with Gasteiger partial charge in [0.05, 0.1) is 6.04 Å². The Bertz CT molecular complexity index is 366. The number of carbonyl (C=O) groups excluding carboxylic acids is 1. The molecular formula is C11H13F2NO. The first kappa shape index (κ1) is 11.8. The van der Waals surface area contributed by atoms with E-state index in [1.54, 1.807) is 6.92 Å². The maximum atomic E-state index is 12.8. The zero-order valence-corrected chi connectivity index (χ0v) is 8.47. The van der Waals surface area contributed by atoms with Crippen molar-refractivity contribution in [3.05, 3.63) is 35.4 Å². The molecule has 1 aromatic carbocycles. The molecule has 0 saturated heterocycles. The van der Waals surface area contributed by atoms with E-state index < -0.39 is 17.7 Å². The van der Waals surface area contributed by atoms with Crippen LogP contribution in [0.2, 0.25) is 0 Å². The number of ketones is 1. The fourth-order valence-corrected chi connectivity index (χ4v) is 1.30. The number of hydrogen-bond donors (Lipinski definition) is 1. The van der Waals surface area contributed by atoms with Gasteiger partial charge in [-0.2, -0.15) is 0 Å². The van der Waals surface area contributed by atoms with Crippen LogP contribution in [-0.4, -0.2) is 11.8 Å². The molecule has 4 heteroatoms. The van der Waals surface area contributed by atoms with Crippen molar-refractivity contribution in [1.82, 2.24) is 0 Å². The quantitative estimate of drug-likeness (QED) is 0.828. The Morgan fingerprint density at radius 3 is 2.60 bits per heavy atom. The predicted octanol–water partition coefficient (Wildman–Crippen LogP) is 1.81. The van der Waals surface area contributed by atoms with Crippen molar-refractivity contribution in [2.75, 3.05) is 0 Å². The van der Waals surface area contributed by atoms with Crippen LogP contribution in [0.5, 0.6) is 0 Å². The maximum Gasteiger partial charge on any atom is 0.159 e. The van der Waals surface area contributed by atoms with E-state index in [9.17, 15) is 13.6 Å². The number of nitrogens with two attached hydrogens (primary N) is 1. The third-order valence-electron chi connectivity index (χ3n) is 2.20. The summed E-state index contributed by atoms with van der Waals surface area (Å²) >= 11 is 0. The summed E-state index contributed by atoms with van der Waals surface area (Å²) in [5.74, 6) is -1.89. The number of carbonyl (C=O) groups is 1. The molecule has 0 saturated carbocycles. The van der Waals surface area contributed by atoms with E-state index in [1.165, 1.54) is 6.07 Å². The predicted molar refractivity (Wildman–Crippen MR) is 53.3 cm³/mol. The number of rotatable bonds is 4. The molecule has 1 aromatic rings. The number of benzene rings is 1. The summed E-state index contributed by atoms with van der Waals surface area (Å²) in [4.78, 5) is 11.2. The van der Waals surface area contributed by atoms with Gasteiger partial charge >= 0.3 is 0 Å². The lowest BCUT2D eigenvalue weighted by molar-refractivity contribution is -0.119. The Balaban J connectivity index is 2.73. The van der Waals surface area contributed by atoms with Crippen molar-refractivity contribution in [3.63, 3.8) is 0 Å². The van der Waals surface area contributed by atoms with Crippen molar-refractivity contribution in [2.24, 2.45) is 5.73 Å². The molecule has 0 fully saturated rings. The van der Waals surface area contributed by atoms with Crippen molar-refractivity contribution < 1.29 is 13.6 Å². The van der Waals surface area contributed by atoms with Crippen molar-refractivity contribution in [3.8, 4) is 0 Å². The van der Waals surface area contributed by atoms with E-state index in [0.29, 0.717) is 12.0 Å². The van der Waals surface area contributed by atoms with Crippen LogP contribution in [0.3, 0.4) is 0 Å². The molecule has 0 aliphatic rings. The first-order chi connectivity index (χ1) is 7.04. The van der Waals surface area contributed by atoms with Gasteiger partial charge in [-0.05, 0) is 24.1 Å². The smallest absolute Gasteiger partial charge is 0.159 e. The first-order valence-electron chi connectivity index (χ1n) is 4.76. The van der Waals surface area contributed by atoms with Crippen LogP contribution in [0.4, 0.5) is 8.78 Å². The van der Waals surface area contributed by atoms with Crippen LogP contribution >= 0.6 is 0 Å². The average molecular weight is 213 g/mol. The molecular weight excluding hydrogens is 200 g/mol. The highest BCUT2D eigenvalue weighted by atomic mass is 19.2. The highest BCUT2D eigenvalue weighted by molar-refractivity contribution is 5.83. The second-order valence-corrected chi connectivity index (χ2v) is 3.38. The summed E-state index contributed by atoms with van der Waals surface area (Å²) in [6.45, 7) is 1.72. The Hall–Kier alpha value is -1.29. The van der Waals surface area contributed by atoms with Crippen molar-refractivity contribution >= 4 is 5.78 Å². The van der Waals surface area contributed by atoms with Gasteiger partial charge in [0, 0.05) is 6.42 Å². The summed E-state index contributed by atoms with van der Waals surface area (Å²) in [5, 5.41) is 0. The zero-order valence-electron chi connectivity index (χ0n) is 8.47. The molecule has 15 heavy (non-hydrogen) atoms. The van der Waals surface area contributed by atoms with Crippen molar-refractivity contribution in [1.29, 1.82) is 0 Å². The van der Waals surface area contributed by atoms with Crippen LogP contribution in [0.15, 0.2) is 18.2 Å². The SMILES string of the molecule is CCC(=O)[C@H](N)Cc1ccc(F)c(F)c1. The van der Waals surface area contributed by atoms with Gasteiger partial charge in [0.2, 0.25) is 0 Å². The van der Waals surface area contributed by atoms with E-state index in [-0.39, 0.29) is 12.2 Å². The van der Waals surface area contributed by atoms with Gasteiger partial charge in [-0.3, -0.25) is 4.79 Å². The van der Waals surface area contributed by atoms with Gasteiger partial charge in [0.1, 0.15) is 5.78 Å². The topological polar surface area (TPSA) is 43.1 Å². The fraction of sp³-hybridized carbons (Fsp3) is 0.364. The lowest BCUT2D eigenvalue weighted by Gasteiger charge is -2.09. The van der Waals surface area contributed by atoms with Gasteiger partial charge in [-0.15, -0.1) is 0 Å². The van der Waals surface area contributed by atoms with Gasteiger partial charge in [0.15, 0.2) is 11.6 Å². The molecule has 0 unspecified atom stereocenters. The Labute approximate surface area is 87.1 Å². The molecule has 82 valence electrons. The molecule has 2 N–H and O–H groups in total. The number of Topliss-reactive ketones (excluding diaryl/α,β-unsaturated/α-hetero) is 1. The van der Waals surface area contributed by atoms with Gasteiger partial charge < -0.3 is 5.73 Å². The minimum atomic E-state index is -0.913. The highest BCUT2D eigenvalue weighted by Gasteiger charge is 2.12. The third-order valence-corrected chi connectivity index (χ3v) is 2.20. The largest absolute Gasteiger partial charge is 0.321 e. The van der Waals surface area contributed by atoms with Crippen LogP contribution < -0.4 is 5.73 Å². The fourth-order valence-electron chi connectivity index (χ4n) is 1.30. The normalized spacial score (nSPS) is 12.5. The Morgan fingerprint density at radius 1 is 1.40 bits per heavy atom. The summed E-state index contributed by atoms with van der Waals surface area (Å²) < 4.78 is 25.4. The van der Waals surface area contributed by atoms with Gasteiger partial charge in [-0.25, -0.2) is 8.78 Å². The molecule has 0 radical (unpaired) electrons. The lowest BCUT2D eigenvalue weighted by Crippen LogP contribution is -2.32. The second-order valence-electron chi connectivity index (χ2n) is 3.38. The van der Waals surface area contributed by atoms with E-state index >= 15 is 0 Å². The third kappa shape index (κ3) is 3.09. The second kappa shape index (κ2) is 4.98. The van der Waals surface area contributed by atoms with Gasteiger partial charge in [-0.1, -0.05) is 13.0 Å². The average Bonchev–Trinajstić information content (AvgIpc) is 2.22. The molecule has 1 rings (SSSR count). The van der Waals surface area contributed by atoms with Crippen LogP contribution in [0, 0.1) is 11.6 Å². The monoisotopic (exact) mass is 213 g/mol. The molecule has 0 heterocycles. The van der Waals surface area contributed by atoms with Crippen LogP contribution in [-0.2, 0) is 11.2 Å². The summed E-state index contributed by atoms with van der Waals surface area (Å²) in [5.41, 5.74) is 6.11. The molecule has 0 aliphatic heterocycles. The Kier molecular flexibility index (Phi) is 3.91. The first-order valence-corrected chi connectivity index (χ1v) is 4.76. The van der Waals surface area contributed by atoms with Gasteiger partial charge in [0.25, 0.3) is 0 Å². The summed E-state index contributed by atoms with van der Waals surface area (Å²) in [6, 6.07) is 2.90. The zero-order chi connectivity index (χ0) is 11.4. The summed E-state index contributed by atoms with van der Waals surface area (Å²) in [6.07, 6.45) is 0.592. The lowest BCUT2D eigenvalue weighted by atomic mass is 10.0. The standard InChI is InChI=1S/C11H13F2NO/c1-2-11(15)10(14)6-7-3-4-8(12)9(13)5-7/h3-5,10H,2,6,14H2,1H3/t10-/m1/s1. The minimum Gasteiger partial charge on any atom is -0.321 e. The van der Waals surface area contributed by atoms with Crippen LogP contribution in [0.1, 0.15) is 18.9 Å². The molecule has 2 nitrogen and oxygen atoms in total. The molecule has 0 aromatic heterocycles. The van der Waals surface area contributed by atoms with E-state index in [2.05, 4.69) is 0 Å². The molecule has 0 aliphatic carbocycles. The van der Waals surface area contributed by atoms with Crippen LogP contribution in [0.25, 0.3) is 0 Å². The number of hydrogen-bond acceptors (Lipinski definition) is 2. The van der Waals surface area contributed by atoms with E-state index in [1.807, 2.05) is 0 Å². The molecule has 0 bridgehead atoms. The maximum absolute atomic E-state index is 12.8. The van der Waals surface area contributed by atoms with E-state index in [4.69, 9.17) is 5.73 Å². The molecule has 0 spiro atoms. The number of halogens is 2. The highest BCUT2D eigenvalue weighted by Crippen LogP contribution is 2.10.